The molecule has 0 fully saturated rings. The van der Waals surface area contributed by atoms with Crippen molar-refractivity contribution in [3.05, 3.63) is 0 Å². The first kappa shape index (κ1) is 11.3. The van der Waals surface area contributed by atoms with Crippen molar-refractivity contribution in [3.63, 3.8) is 0 Å². The van der Waals surface area contributed by atoms with Gasteiger partial charge in [-0.05, 0) is 18.1 Å². The maximum absolute atomic E-state index is 10.3. The Labute approximate surface area is 71.8 Å². The molecule has 0 N–H and O–H groups in total. The number of rotatable bonds is 2. The Morgan fingerprint density at radius 2 is 1.73 bits per heavy atom. The fourth-order valence-electron chi connectivity index (χ4n) is 0.295. The molecule has 0 aromatic heterocycles. The molecular formula is C6H15O3SSi-. The van der Waals surface area contributed by atoms with Gasteiger partial charge in [0, 0.05) is 0 Å². The van der Waals surface area contributed by atoms with E-state index >= 15 is 0 Å². The predicted octanol–water partition coefficient (Wildman–Crippen LogP) is 1.80. The SMILES string of the molecule is CC(C)(C)[Si](C)(C)OS(=O)[O-]. The summed E-state index contributed by atoms with van der Waals surface area (Å²) >= 11 is -2.37. The van der Waals surface area contributed by atoms with Gasteiger partial charge < -0.3 is 8.42 Å². The summed E-state index contributed by atoms with van der Waals surface area (Å²) in [5.74, 6) is 0. The average molecular weight is 195 g/mol. The molecule has 68 valence electrons. The van der Waals surface area contributed by atoms with Gasteiger partial charge >= 0.3 is 0 Å². The third kappa shape index (κ3) is 3.46. The monoisotopic (exact) mass is 195 g/mol. The molecule has 0 aromatic rings. The van der Waals surface area contributed by atoms with Crippen LogP contribution in [0.2, 0.25) is 18.1 Å². The minimum atomic E-state index is -2.37. The molecule has 0 amide bonds. The summed E-state index contributed by atoms with van der Waals surface area (Å²) in [7, 11) is -2.08. The fraction of sp³-hybridized carbons (Fsp3) is 1.00. The first-order valence-electron chi connectivity index (χ1n) is 3.45. The summed E-state index contributed by atoms with van der Waals surface area (Å²) in [6.45, 7) is 9.76. The lowest BCUT2D eigenvalue weighted by Crippen LogP contribution is -2.41. The van der Waals surface area contributed by atoms with E-state index in [2.05, 4.69) is 0 Å². The van der Waals surface area contributed by atoms with Gasteiger partial charge in [-0.25, -0.2) is 4.21 Å². The molecule has 0 spiro atoms. The van der Waals surface area contributed by atoms with E-state index in [0.29, 0.717) is 0 Å². The molecular weight excluding hydrogens is 180 g/mol. The Bertz CT molecular complexity index is 162. The van der Waals surface area contributed by atoms with Gasteiger partial charge in [0.25, 0.3) is 0 Å². The fourth-order valence-corrected chi connectivity index (χ4v) is 2.66. The third-order valence-corrected chi connectivity index (χ3v) is 7.91. The van der Waals surface area contributed by atoms with Crippen LogP contribution in [0, 0.1) is 0 Å². The Morgan fingerprint density at radius 3 is 1.82 bits per heavy atom. The topological polar surface area (TPSA) is 49.4 Å². The van der Waals surface area contributed by atoms with Gasteiger partial charge in [-0.15, -0.1) is 0 Å². The quantitative estimate of drug-likeness (QED) is 0.498. The molecule has 1 atom stereocenters. The molecule has 3 nitrogen and oxygen atoms in total. The third-order valence-electron chi connectivity index (χ3n) is 2.08. The van der Waals surface area contributed by atoms with Gasteiger partial charge in [-0.2, -0.15) is 0 Å². The minimum absolute atomic E-state index is 0.0485. The lowest BCUT2D eigenvalue weighted by atomic mass is 10.2. The highest BCUT2D eigenvalue weighted by molar-refractivity contribution is 7.75. The van der Waals surface area contributed by atoms with Gasteiger partial charge in [0.05, 0.1) is 11.4 Å². The van der Waals surface area contributed by atoms with Gasteiger partial charge in [0.1, 0.15) is 0 Å². The molecule has 0 aliphatic heterocycles. The zero-order valence-corrected chi connectivity index (χ0v) is 9.45. The largest absolute Gasteiger partial charge is 0.750 e. The van der Waals surface area contributed by atoms with Crippen molar-refractivity contribution in [3.8, 4) is 0 Å². The van der Waals surface area contributed by atoms with Crippen molar-refractivity contribution in [1.82, 2.24) is 0 Å². The van der Waals surface area contributed by atoms with E-state index in [4.69, 9.17) is 3.87 Å². The first-order valence-corrected chi connectivity index (χ1v) is 7.36. The van der Waals surface area contributed by atoms with Gasteiger partial charge in [0.2, 0.25) is 8.32 Å². The lowest BCUT2D eigenvalue weighted by Gasteiger charge is -2.35. The molecule has 0 bridgehead atoms. The summed E-state index contributed by atoms with van der Waals surface area (Å²) in [6, 6.07) is 0. The van der Waals surface area contributed by atoms with Crippen LogP contribution in [0.3, 0.4) is 0 Å². The van der Waals surface area contributed by atoms with Crippen LogP contribution in [0.1, 0.15) is 20.8 Å². The first-order chi connectivity index (χ1) is 4.67. The minimum Gasteiger partial charge on any atom is -0.750 e. The van der Waals surface area contributed by atoms with Crippen LogP contribution < -0.4 is 0 Å². The molecule has 1 unspecified atom stereocenters. The maximum atomic E-state index is 10.3. The molecule has 5 heteroatoms. The molecule has 0 aromatic carbocycles. The molecule has 0 saturated carbocycles. The number of hydrogen-bond acceptors (Lipinski definition) is 3. The Kier molecular flexibility index (Phi) is 3.43. The van der Waals surface area contributed by atoms with E-state index in [-0.39, 0.29) is 5.04 Å². The van der Waals surface area contributed by atoms with E-state index in [1.807, 2.05) is 33.9 Å². The molecule has 0 aliphatic rings. The molecule has 0 saturated heterocycles. The highest BCUT2D eigenvalue weighted by Crippen LogP contribution is 2.36. The Morgan fingerprint density at radius 1 is 1.36 bits per heavy atom. The zero-order chi connectivity index (χ0) is 9.28. The second-order valence-electron chi connectivity index (χ2n) is 4.05. The van der Waals surface area contributed by atoms with Crippen molar-refractivity contribution in [1.29, 1.82) is 0 Å². The highest BCUT2D eigenvalue weighted by atomic mass is 32.2. The van der Waals surface area contributed by atoms with Crippen molar-refractivity contribution >= 4 is 19.7 Å². The van der Waals surface area contributed by atoms with Crippen molar-refractivity contribution in [2.75, 3.05) is 0 Å². The Balaban J connectivity index is 4.34. The van der Waals surface area contributed by atoms with Gasteiger partial charge in [0.15, 0.2) is 0 Å². The van der Waals surface area contributed by atoms with Crippen LogP contribution in [0.25, 0.3) is 0 Å². The van der Waals surface area contributed by atoms with E-state index in [0.717, 1.165) is 0 Å². The zero-order valence-electron chi connectivity index (χ0n) is 7.63. The van der Waals surface area contributed by atoms with Crippen molar-refractivity contribution in [2.24, 2.45) is 0 Å². The second kappa shape index (κ2) is 3.34. The van der Waals surface area contributed by atoms with Crippen LogP contribution in [-0.4, -0.2) is 17.1 Å². The van der Waals surface area contributed by atoms with E-state index in [9.17, 15) is 8.76 Å². The molecule has 0 aliphatic carbocycles. The summed E-state index contributed by atoms with van der Waals surface area (Å²) in [4.78, 5) is 0. The van der Waals surface area contributed by atoms with Gasteiger partial charge in [-0.1, -0.05) is 20.8 Å². The summed E-state index contributed by atoms with van der Waals surface area (Å²) < 4.78 is 25.4. The second-order valence-corrected chi connectivity index (χ2v) is 9.64. The van der Waals surface area contributed by atoms with Crippen molar-refractivity contribution < 1.29 is 12.6 Å². The average Bonchev–Trinajstić information content (AvgIpc) is 1.56. The van der Waals surface area contributed by atoms with Crippen molar-refractivity contribution in [2.45, 2.75) is 38.9 Å². The number of hydrogen-bond donors (Lipinski definition) is 0. The summed E-state index contributed by atoms with van der Waals surface area (Å²) in [5.41, 5.74) is 0. The van der Waals surface area contributed by atoms with E-state index < -0.39 is 19.7 Å². The smallest absolute Gasteiger partial charge is 0.212 e. The standard InChI is InChI=1S/C6H16O3SSi/c1-6(2,3)11(4,5)9-10(7)8/h1-5H3,(H,7,8)/p-1. The normalized spacial score (nSPS) is 16.5. The van der Waals surface area contributed by atoms with Crippen LogP contribution in [0.5, 0.6) is 0 Å². The van der Waals surface area contributed by atoms with Crippen LogP contribution in [0.4, 0.5) is 0 Å². The Hall–Kier alpha value is 0.287. The van der Waals surface area contributed by atoms with Crippen LogP contribution in [-0.2, 0) is 15.2 Å². The lowest BCUT2D eigenvalue weighted by molar-refractivity contribution is 0.420. The predicted molar refractivity (Wildman–Crippen MR) is 47.2 cm³/mol. The highest BCUT2D eigenvalue weighted by Gasteiger charge is 2.37. The summed E-state index contributed by atoms with van der Waals surface area (Å²) in [6.07, 6.45) is 0. The van der Waals surface area contributed by atoms with Crippen LogP contribution in [0.15, 0.2) is 0 Å². The maximum Gasteiger partial charge on any atom is 0.212 e. The van der Waals surface area contributed by atoms with E-state index in [1.54, 1.807) is 0 Å². The molecule has 0 radical (unpaired) electrons. The van der Waals surface area contributed by atoms with Gasteiger partial charge in [-0.3, -0.25) is 0 Å². The van der Waals surface area contributed by atoms with E-state index in [1.165, 1.54) is 0 Å². The van der Waals surface area contributed by atoms with Crippen LogP contribution >= 0.6 is 0 Å². The molecule has 0 rings (SSSR count). The molecule has 11 heavy (non-hydrogen) atoms. The molecule has 0 heterocycles. The summed E-state index contributed by atoms with van der Waals surface area (Å²) in [5, 5.41) is -0.0485.